The number of carboxylic acid groups (broad SMARTS) is 1. The fraction of sp³-hybridized carbons (Fsp3) is 0.727. The van der Waals surface area contributed by atoms with Crippen LogP contribution in [0.15, 0.2) is 0 Å². The molecule has 1 saturated heterocycles. The first-order valence-corrected chi connectivity index (χ1v) is 6.07. The van der Waals surface area contributed by atoms with Crippen LogP contribution in [0.4, 0.5) is 4.79 Å². The van der Waals surface area contributed by atoms with Crippen LogP contribution >= 0.6 is 0 Å². The molecule has 8 nitrogen and oxygen atoms in total. The molecular weight excluding hydrogens is 254 g/mol. The van der Waals surface area contributed by atoms with Crippen molar-refractivity contribution in [1.82, 2.24) is 16.0 Å². The zero-order valence-corrected chi connectivity index (χ0v) is 10.8. The molecule has 2 unspecified atom stereocenters. The highest BCUT2D eigenvalue weighted by molar-refractivity contribution is 5.78. The van der Waals surface area contributed by atoms with Crippen molar-refractivity contribution < 1.29 is 24.2 Å². The van der Waals surface area contributed by atoms with E-state index >= 15 is 0 Å². The lowest BCUT2D eigenvalue weighted by Gasteiger charge is -2.24. The number of urea groups is 1. The van der Waals surface area contributed by atoms with Gasteiger partial charge in [0.15, 0.2) is 0 Å². The lowest BCUT2D eigenvalue weighted by molar-refractivity contribution is -0.139. The Morgan fingerprint density at radius 2 is 2.32 bits per heavy atom. The van der Waals surface area contributed by atoms with Gasteiger partial charge >= 0.3 is 12.0 Å². The number of hydrogen-bond donors (Lipinski definition) is 4. The first kappa shape index (κ1) is 15.2. The van der Waals surface area contributed by atoms with Gasteiger partial charge in [-0.15, -0.1) is 0 Å². The Labute approximate surface area is 110 Å². The summed E-state index contributed by atoms with van der Waals surface area (Å²) in [5.74, 6) is -0.997. The van der Waals surface area contributed by atoms with Crippen LogP contribution in [-0.4, -0.2) is 55.4 Å². The van der Waals surface area contributed by atoms with E-state index in [-0.39, 0.29) is 24.9 Å². The maximum atomic E-state index is 11.6. The summed E-state index contributed by atoms with van der Waals surface area (Å²) >= 11 is 0. The van der Waals surface area contributed by atoms with Crippen LogP contribution in [0.2, 0.25) is 0 Å². The summed E-state index contributed by atoms with van der Waals surface area (Å²) in [7, 11) is 1.39. The zero-order chi connectivity index (χ0) is 14.3. The smallest absolute Gasteiger partial charge is 0.315 e. The van der Waals surface area contributed by atoms with Gasteiger partial charge in [-0.25, -0.2) is 4.79 Å². The fourth-order valence-corrected chi connectivity index (χ4v) is 1.73. The van der Waals surface area contributed by atoms with Gasteiger partial charge in [0.05, 0.1) is 12.5 Å². The topological polar surface area (TPSA) is 117 Å². The van der Waals surface area contributed by atoms with Crippen LogP contribution in [0.1, 0.15) is 19.3 Å². The molecule has 0 saturated carbocycles. The second kappa shape index (κ2) is 7.57. The second-order valence-electron chi connectivity index (χ2n) is 4.35. The molecule has 0 spiro atoms. The number of rotatable bonds is 6. The van der Waals surface area contributed by atoms with Gasteiger partial charge in [-0.05, 0) is 6.42 Å². The average molecular weight is 273 g/mol. The van der Waals surface area contributed by atoms with Crippen molar-refractivity contribution >= 4 is 17.9 Å². The summed E-state index contributed by atoms with van der Waals surface area (Å²) in [6.07, 6.45) is 0.262. The number of hydrogen-bond acceptors (Lipinski definition) is 4. The van der Waals surface area contributed by atoms with Crippen LogP contribution in [-0.2, 0) is 14.3 Å². The molecule has 2 atom stereocenters. The minimum Gasteiger partial charge on any atom is -0.481 e. The van der Waals surface area contributed by atoms with Crippen molar-refractivity contribution in [1.29, 1.82) is 0 Å². The Balaban J connectivity index is 2.23. The molecule has 0 aromatic rings. The van der Waals surface area contributed by atoms with Crippen molar-refractivity contribution in [3.63, 3.8) is 0 Å². The number of amides is 3. The van der Waals surface area contributed by atoms with Gasteiger partial charge in [0, 0.05) is 32.7 Å². The van der Waals surface area contributed by atoms with Crippen LogP contribution in [0.25, 0.3) is 0 Å². The lowest BCUT2D eigenvalue weighted by Crippen LogP contribution is -2.51. The molecule has 8 heteroatoms. The third kappa shape index (κ3) is 6.05. The van der Waals surface area contributed by atoms with Crippen molar-refractivity contribution in [2.24, 2.45) is 0 Å². The molecule has 1 aliphatic heterocycles. The standard InChI is InChI=1S/C11H19N3O5/c1-19-8(4-10(16)17)6-13-11(18)14-7-2-3-9(15)12-5-7/h7-8H,2-6H2,1H3,(H,12,15)(H,16,17)(H2,13,14,18). The summed E-state index contributed by atoms with van der Waals surface area (Å²) < 4.78 is 4.94. The summed E-state index contributed by atoms with van der Waals surface area (Å²) in [5.41, 5.74) is 0. The Bertz CT molecular complexity index is 337. The maximum Gasteiger partial charge on any atom is 0.315 e. The molecule has 0 aromatic carbocycles. The van der Waals surface area contributed by atoms with E-state index in [9.17, 15) is 14.4 Å². The molecule has 1 fully saturated rings. The molecule has 4 N–H and O–H groups in total. The maximum absolute atomic E-state index is 11.6. The highest BCUT2D eigenvalue weighted by Gasteiger charge is 2.20. The van der Waals surface area contributed by atoms with E-state index in [1.165, 1.54) is 7.11 Å². The van der Waals surface area contributed by atoms with E-state index in [4.69, 9.17) is 9.84 Å². The third-order valence-electron chi connectivity index (χ3n) is 2.83. The SMILES string of the molecule is COC(CNC(=O)NC1CCC(=O)NC1)CC(=O)O. The Morgan fingerprint density at radius 1 is 1.58 bits per heavy atom. The highest BCUT2D eigenvalue weighted by atomic mass is 16.5. The largest absolute Gasteiger partial charge is 0.481 e. The summed E-state index contributed by atoms with van der Waals surface area (Å²) in [5, 5.41) is 16.5. The van der Waals surface area contributed by atoms with Crippen LogP contribution in [0.5, 0.6) is 0 Å². The Hall–Kier alpha value is -1.83. The zero-order valence-electron chi connectivity index (χ0n) is 10.8. The van der Waals surface area contributed by atoms with Gasteiger partial charge in [0.1, 0.15) is 0 Å². The van der Waals surface area contributed by atoms with Crippen LogP contribution in [0, 0.1) is 0 Å². The molecule has 0 bridgehead atoms. The van der Waals surface area contributed by atoms with Gasteiger partial charge in [0.25, 0.3) is 0 Å². The van der Waals surface area contributed by atoms with Gasteiger partial charge in [0.2, 0.25) is 5.91 Å². The van der Waals surface area contributed by atoms with Gasteiger partial charge < -0.3 is 25.8 Å². The van der Waals surface area contributed by atoms with E-state index < -0.39 is 18.1 Å². The molecular formula is C11H19N3O5. The van der Waals surface area contributed by atoms with E-state index in [0.29, 0.717) is 19.4 Å². The molecule has 1 rings (SSSR count). The quantitative estimate of drug-likeness (QED) is 0.498. The van der Waals surface area contributed by atoms with E-state index in [2.05, 4.69) is 16.0 Å². The summed E-state index contributed by atoms with van der Waals surface area (Å²) in [6.45, 7) is 0.531. The van der Waals surface area contributed by atoms with Gasteiger partial charge in [-0.2, -0.15) is 0 Å². The van der Waals surface area contributed by atoms with Crippen LogP contribution < -0.4 is 16.0 Å². The predicted molar refractivity (Wildman–Crippen MR) is 65.6 cm³/mol. The lowest BCUT2D eigenvalue weighted by atomic mass is 10.1. The molecule has 1 heterocycles. The van der Waals surface area contributed by atoms with Gasteiger partial charge in [-0.3, -0.25) is 9.59 Å². The molecule has 3 amide bonds. The third-order valence-corrected chi connectivity index (χ3v) is 2.83. The van der Waals surface area contributed by atoms with Gasteiger partial charge in [-0.1, -0.05) is 0 Å². The van der Waals surface area contributed by atoms with Crippen LogP contribution in [0.3, 0.4) is 0 Å². The minimum atomic E-state index is -0.982. The summed E-state index contributed by atoms with van der Waals surface area (Å²) in [6, 6.07) is -0.494. The number of carbonyl (C=O) groups is 3. The van der Waals surface area contributed by atoms with E-state index in [1.54, 1.807) is 0 Å². The molecule has 108 valence electrons. The molecule has 0 radical (unpaired) electrons. The normalized spacial score (nSPS) is 20.3. The molecule has 1 aliphatic rings. The monoisotopic (exact) mass is 273 g/mol. The number of ether oxygens (including phenoxy) is 1. The van der Waals surface area contributed by atoms with Crippen molar-refractivity contribution in [3.8, 4) is 0 Å². The first-order chi connectivity index (χ1) is 9.01. The van der Waals surface area contributed by atoms with Crippen molar-refractivity contribution in [2.45, 2.75) is 31.4 Å². The first-order valence-electron chi connectivity index (χ1n) is 6.07. The number of carbonyl (C=O) groups excluding carboxylic acids is 2. The summed E-state index contributed by atoms with van der Waals surface area (Å²) in [4.78, 5) is 33.0. The molecule has 0 aromatic heterocycles. The second-order valence-corrected chi connectivity index (χ2v) is 4.35. The van der Waals surface area contributed by atoms with Crippen molar-refractivity contribution in [2.75, 3.05) is 20.2 Å². The fourth-order valence-electron chi connectivity index (χ4n) is 1.73. The van der Waals surface area contributed by atoms with E-state index in [1.807, 2.05) is 0 Å². The van der Waals surface area contributed by atoms with Crippen molar-refractivity contribution in [3.05, 3.63) is 0 Å². The number of piperidine rings is 1. The predicted octanol–water partition coefficient (Wildman–Crippen LogP) is -0.946. The number of aliphatic carboxylic acids is 1. The molecule has 19 heavy (non-hydrogen) atoms. The number of nitrogens with one attached hydrogen (secondary N) is 3. The number of methoxy groups -OCH3 is 1. The number of carboxylic acids is 1. The highest BCUT2D eigenvalue weighted by Crippen LogP contribution is 2.02. The molecule has 0 aliphatic carbocycles. The minimum absolute atomic E-state index is 0.0145. The Kier molecular flexibility index (Phi) is 6.07. The average Bonchev–Trinajstić information content (AvgIpc) is 2.37. The Morgan fingerprint density at radius 3 is 2.84 bits per heavy atom. The van der Waals surface area contributed by atoms with E-state index in [0.717, 1.165) is 0 Å².